The number of para-hydroxylation sites is 1. The van der Waals surface area contributed by atoms with E-state index >= 15 is 0 Å². The predicted octanol–water partition coefficient (Wildman–Crippen LogP) is 0.372. The molecule has 1 aromatic rings. The summed E-state index contributed by atoms with van der Waals surface area (Å²) in [5, 5.41) is 17.3. The molecule has 0 aliphatic rings. The largest absolute Gasteiger partial charge is 0.484 e. The highest BCUT2D eigenvalue weighted by Gasteiger charge is 2.20. The van der Waals surface area contributed by atoms with Gasteiger partial charge in [0.25, 0.3) is 5.91 Å². The molecule has 7 heteroatoms. The number of carbonyl (C=O) groups excluding carboxylic acids is 1. The number of carboxylic acids is 2. The summed E-state index contributed by atoms with van der Waals surface area (Å²) in [6.45, 7) is 0.0298. The number of benzene rings is 1. The van der Waals surface area contributed by atoms with Crippen molar-refractivity contribution in [1.29, 1.82) is 0 Å². The number of rotatable bonds is 7. The zero-order valence-corrected chi connectivity index (χ0v) is 10.9. The molecule has 0 saturated heterocycles. The summed E-state index contributed by atoms with van der Waals surface area (Å²) < 4.78 is 5.27. The molecule has 0 radical (unpaired) electrons. The Labute approximate surface area is 115 Å². The zero-order chi connectivity index (χ0) is 15.1. The molecule has 7 nitrogen and oxygen atoms in total. The van der Waals surface area contributed by atoms with Crippen LogP contribution in [-0.2, 0) is 14.4 Å². The smallest absolute Gasteiger partial charge is 0.323 e. The predicted molar refractivity (Wildman–Crippen MR) is 68.5 cm³/mol. The van der Waals surface area contributed by atoms with Crippen molar-refractivity contribution in [2.24, 2.45) is 0 Å². The summed E-state index contributed by atoms with van der Waals surface area (Å²) in [5.74, 6) is -2.77. The maximum atomic E-state index is 11.8. The van der Waals surface area contributed by atoms with Crippen LogP contribution < -0.4 is 4.74 Å². The third-order valence-electron chi connectivity index (χ3n) is 2.45. The van der Waals surface area contributed by atoms with Crippen LogP contribution in [0.3, 0.4) is 0 Å². The van der Waals surface area contributed by atoms with E-state index in [0.717, 1.165) is 5.56 Å². The van der Waals surface area contributed by atoms with Gasteiger partial charge in [0, 0.05) is 0 Å². The van der Waals surface area contributed by atoms with Crippen LogP contribution in [0.15, 0.2) is 24.3 Å². The van der Waals surface area contributed by atoms with Gasteiger partial charge in [-0.05, 0) is 18.6 Å². The molecule has 1 amide bonds. The van der Waals surface area contributed by atoms with Gasteiger partial charge in [-0.1, -0.05) is 18.2 Å². The Morgan fingerprint density at radius 1 is 1.10 bits per heavy atom. The highest BCUT2D eigenvalue weighted by atomic mass is 16.5. The number of aliphatic carboxylic acids is 2. The van der Waals surface area contributed by atoms with Gasteiger partial charge in [0.15, 0.2) is 6.61 Å². The average Bonchev–Trinajstić information content (AvgIpc) is 2.35. The molecule has 0 aliphatic heterocycles. The maximum Gasteiger partial charge on any atom is 0.323 e. The van der Waals surface area contributed by atoms with Gasteiger partial charge in [0.2, 0.25) is 0 Å². The Kier molecular flexibility index (Phi) is 5.52. The first-order valence-corrected chi connectivity index (χ1v) is 5.80. The van der Waals surface area contributed by atoms with Crippen molar-refractivity contribution in [3.05, 3.63) is 29.8 Å². The fraction of sp³-hybridized carbons (Fsp3) is 0.308. The number of hydrogen-bond donors (Lipinski definition) is 2. The van der Waals surface area contributed by atoms with Gasteiger partial charge in [-0.25, -0.2) is 0 Å². The van der Waals surface area contributed by atoms with Crippen LogP contribution in [0, 0.1) is 6.92 Å². The van der Waals surface area contributed by atoms with E-state index in [4.69, 9.17) is 14.9 Å². The van der Waals surface area contributed by atoms with E-state index in [1.54, 1.807) is 25.1 Å². The molecule has 1 rings (SSSR count). The number of amides is 1. The van der Waals surface area contributed by atoms with Gasteiger partial charge in [0.1, 0.15) is 18.8 Å². The minimum absolute atomic E-state index is 0.411. The molecule has 0 unspecified atom stereocenters. The molecule has 0 aromatic heterocycles. The summed E-state index contributed by atoms with van der Waals surface area (Å²) in [7, 11) is 0. The molecule has 0 saturated carbocycles. The maximum absolute atomic E-state index is 11.8. The van der Waals surface area contributed by atoms with Crippen molar-refractivity contribution in [3.8, 4) is 5.75 Å². The molecule has 0 spiro atoms. The molecular formula is C13H15NO6. The molecule has 0 fully saturated rings. The first-order valence-electron chi connectivity index (χ1n) is 5.80. The quantitative estimate of drug-likeness (QED) is 0.748. The minimum atomic E-state index is -1.28. The van der Waals surface area contributed by atoms with E-state index < -0.39 is 37.5 Å². The van der Waals surface area contributed by atoms with E-state index in [9.17, 15) is 14.4 Å². The van der Waals surface area contributed by atoms with Crippen LogP contribution in [0.5, 0.6) is 5.75 Å². The lowest BCUT2D eigenvalue weighted by Gasteiger charge is -2.18. The van der Waals surface area contributed by atoms with Gasteiger partial charge < -0.3 is 19.8 Å². The number of carbonyl (C=O) groups is 3. The molecule has 1 aromatic carbocycles. The van der Waals surface area contributed by atoms with Crippen LogP contribution in [0.2, 0.25) is 0 Å². The van der Waals surface area contributed by atoms with Crippen LogP contribution in [-0.4, -0.2) is 52.7 Å². The highest BCUT2D eigenvalue weighted by molar-refractivity contribution is 5.85. The average molecular weight is 281 g/mol. The van der Waals surface area contributed by atoms with Gasteiger partial charge in [-0.3, -0.25) is 14.4 Å². The molecule has 20 heavy (non-hydrogen) atoms. The van der Waals surface area contributed by atoms with Crippen molar-refractivity contribution < 1.29 is 29.3 Å². The molecule has 108 valence electrons. The van der Waals surface area contributed by atoms with Crippen molar-refractivity contribution in [2.75, 3.05) is 19.7 Å². The number of carboxylic acid groups (broad SMARTS) is 2. The molecule has 0 heterocycles. The summed E-state index contributed by atoms with van der Waals surface area (Å²) in [5.41, 5.74) is 0.823. The first kappa shape index (κ1) is 15.5. The lowest BCUT2D eigenvalue weighted by atomic mass is 10.2. The summed E-state index contributed by atoms with van der Waals surface area (Å²) in [6, 6.07) is 7.01. The molecule has 0 aliphatic carbocycles. The first-order chi connectivity index (χ1) is 9.40. The van der Waals surface area contributed by atoms with Crippen molar-refractivity contribution in [2.45, 2.75) is 6.92 Å². The van der Waals surface area contributed by atoms with Crippen LogP contribution in [0.4, 0.5) is 0 Å². The monoisotopic (exact) mass is 281 g/mol. The number of hydrogen-bond acceptors (Lipinski definition) is 4. The topological polar surface area (TPSA) is 104 Å². The Bertz CT molecular complexity index is 497. The van der Waals surface area contributed by atoms with Crippen LogP contribution in [0.1, 0.15) is 5.56 Å². The van der Waals surface area contributed by atoms with Gasteiger partial charge in [-0.2, -0.15) is 0 Å². The third-order valence-corrected chi connectivity index (χ3v) is 2.45. The molecule has 0 bridgehead atoms. The van der Waals surface area contributed by atoms with E-state index in [-0.39, 0.29) is 0 Å². The van der Waals surface area contributed by atoms with Crippen LogP contribution in [0.25, 0.3) is 0 Å². The second kappa shape index (κ2) is 7.13. The second-order valence-corrected chi connectivity index (χ2v) is 4.09. The molecular weight excluding hydrogens is 266 g/mol. The number of nitrogens with zero attached hydrogens (tertiary/aromatic N) is 1. The molecule has 2 N–H and O–H groups in total. The lowest BCUT2D eigenvalue weighted by Crippen LogP contribution is -2.41. The van der Waals surface area contributed by atoms with Gasteiger partial charge in [-0.15, -0.1) is 0 Å². The number of ether oxygens (including phenoxy) is 1. The Balaban J connectivity index is 2.64. The standard InChI is InChI=1S/C13H15NO6/c1-9-4-2-3-5-10(9)20-8-11(15)14(6-12(16)17)7-13(18)19/h2-5H,6-8H2,1H3,(H,16,17)(H,18,19). The Morgan fingerprint density at radius 3 is 2.15 bits per heavy atom. The fourth-order valence-electron chi connectivity index (χ4n) is 1.51. The Morgan fingerprint density at radius 2 is 1.65 bits per heavy atom. The van der Waals surface area contributed by atoms with E-state index in [1.807, 2.05) is 6.07 Å². The SMILES string of the molecule is Cc1ccccc1OCC(=O)N(CC(=O)O)CC(=O)O. The Hall–Kier alpha value is -2.57. The van der Waals surface area contributed by atoms with Gasteiger partial charge in [0.05, 0.1) is 0 Å². The molecule has 0 atom stereocenters. The number of aryl methyl sites for hydroxylation is 1. The van der Waals surface area contributed by atoms with Crippen LogP contribution >= 0.6 is 0 Å². The van der Waals surface area contributed by atoms with Crippen molar-refractivity contribution in [1.82, 2.24) is 4.90 Å². The zero-order valence-electron chi connectivity index (χ0n) is 10.9. The van der Waals surface area contributed by atoms with E-state index in [2.05, 4.69) is 0 Å². The fourth-order valence-corrected chi connectivity index (χ4v) is 1.51. The summed E-state index contributed by atoms with van der Waals surface area (Å²) in [6.07, 6.45) is 0. The third kappa shape index (κ3) is 4.97. The highest BCUT2D eigenvalue weighted by Crippen LogP contribution is 2.16. The summed E-state index contributed by atoms with van der Waals surface area (Å²) >= 11 is 0. The minimum Gasteiger partial charge on any atom is -0.484 e. The van der Waals surface area contributed by atoms with Crippen molar-refractivity contribution in [3.63, 3.8) is 0 Å². The lowest BCUT2D eigenvalue weighted by molar-refractivity contribution is -0.150. The van der Waals surface area contributed by atoms with Gasteiger partial charge >= 0.3 is 11.9 Å². The second-order valence-electron chi connectivity index (χ2n) is 4.09. The van der Waals surface area contributed by atoms with E-state index in [1.165, 1.54) is 0 Å². The summed E-state index contributed by atoms with van der Waals surface area (Å²) in [4.78, 5) is 33.7. The van der Waals surface area contributed by atoms with Crippen molar-refractivity contribution >= 4 is 17.8 Å². The van der Waals surface area contributed by atoms with E-state index in [0.29, 0.717) is 10.6 Å². The normalized spacial score (nSPS) is 9.85.